The fourth-order valence-electron chi connectivity index (χ4n) is 4.88. The van der Waals surface area contributed by atoms with E-state index in [0.717, 1.165) is 73.0 Å². The van der Waals surface area contributed by atoms with Crippen LogP contribution in [0.2, 0.25) is 0 Å². The molecule has 0 atom stereocenters. The van der Waals surface area contributed by atoms with Crippen molar-refractivity contribution in [1.29, 1.82) is 0 Å². The molecule has 2 aliphatic rings. The van der Waals surface area contributed by atoms with E-state index in [1.807, 2.05) is 23.1 Å². The molecule has 3 aromatic rings. The molecular weight excluding hydrogens is 440 g/mol. The Bertz CT molecular complexity index is 1120. The number of amidine groups is 1. The molecule has 1 saturated carbocycles. The number of H-pyrrole nitrogens is 1. The first-order valence-electron chi connectivity index (χ1n) is 11.5. The Balaban J connectivity index is 0.00000259. The van der Waals surface area contributed by atoms with Gasteiger partial charge in [0.05, 0.1) is 6.54 Å². The average molecular weight is 471 g/mol. The van der Waals surface area contributed by atoms with Crippen LogP contribution < -0.4 is 0 Å². The zero-order valence-electron chi connectivity index (χ0n) is 18.4. The van der Waals surface area contributed by atoms with Gasteiger partial charge in [-0.15, -0.1) is 5.10 Å². The van der Waals surface area contributed by atoms with E-state index in [4.69, 9.17) is 4.99 Å². The van der Waals surface area contributed by atoms with Gasteiger partial charge in [0.15, 0.2) is 5.82 Å². The summed E-state index contributed by atoms with van der Waals surface area (Å²) in [6, 6.07) is 16.5. The van der Waals surface area contributed by atoms with E-state index in [2.05, 4.69) is 57.9 Å². The Morgan fingerprint density at radius 2 is 1.76 bits per heavy atom. The standard InChI is InChI=1S/C25H28N6O.Ca.2H/c1-2-3-10-22-26-25(15-6-7-16-25)24(32)31(22)17-18-11-13-19(14-12-18)20-8-4-5-9-21(20)23-27-29-30-28-23;;;/h4-5,8-9,11-14H,2-3,6-7,10,15-17H2,1H3,(H,27,28,29,30);;;. The summed E-state index contributed by atoms with van der Waals surface area (Å²) in [4.78, 5) is 20.3. The van der Waals surface area contributed by atoms with Crippen molar-refractivity contribution < 1.29 is 4.79 Å². The van der Waals surface area contributed by atoms with Crippen molar-refractivity contribution in [3.05, 3.63) is 54.1 Å². The number of rotatable bonds is 7. The van der Waals surface area contributed by atoms with Gasteiger partial charge in [-0.2, -0.15) is 0 Å². The molecule has 1 spiro atoms. The van der Waals surface area contributed by atoms with E-state index >= 15 is 0 Å². The van der Waals surface area contributed by atoms with Crippen molar-refractivity contribution in [1.82, 2.24) is 25.5 Å². The first-order valence-corrected chi connectivity index (χ1v) is 11.5. The molecule has 33 heavy (non-hydrogen) atoms. The molecule has 5 rings (SSSR count). The molecule has 1 amide bonds. The summed E-state index contributed by atoms with van der Waals surface area (Å²) in [7, 11) is 0. The molecule has 0 saturated heterocycles. The summed E-state index contributed by atoms with van der Waals surface area (Å²) in [5.41, 5.74) is 3.73. The van der Waals surface area contributed by atoms with Gasteiger partial charge in [0.1, 0.15) is 11.4 Å². The molecule has 1 N–H and O–H groups in total. The normalized spacial score (nSPS) is 16.8. The van der Waals surface area contributed by atoms with Gasteiger partial charge in [-0.3, -0.25) is 14.7 Å². The third kappa shape index (κ3) is 4.77. The van der Waals surface area contributed by atoms with Gasteiger partial charge in [-0.25, -0.2) is 5.10 Å². The van der Waals surface area contributed by atoms with Gasteiger partial charge in [-0.05, 0) is 46.4 Å². The molecule has 1 aromatic heterocycles. The van der Waals surface area contributed by atoms with Crippen molar-refractivity contribution in [2.24, 2.45) is 4.99 Å². The number of hydrogen-bond donors (Lipinski definition) is 1. The SMILES string of the molecule is CCCCC1=NC2(CCCC2)C(=O)N1Cc1ccc(-c2ccccc2-c2nnn[nH]2)cc1.[CaH2]. The number of unbranched alkanes of at least 4 members (excludes halogenated alkanes) is 1. The van der Waals surface area contributed by atoms with Crippen LogP contribution in [0.3, 0.4) is 0 Å². The maximum absolute atomic E-state index is 13.4. The summed E-state index contributed by atoms with van der Waals surface area (Å²) in [5, 5.41) is 14.3. The van der Waals surface area contributed by atoms with Gasteiger partial charge in [0.25, 0.3) is 5.91 Å². The van der Waals surface area contributed by atoms with Crippen molar-refractivity contribution >= 4 is 49.5 Å². The second-order valence-electron chi connectivity index (χ2n) is 8.75. The van der Waals surface area contributed by atoms with Crippen LogP contribution in [0.4, 0.5) is 0 Å². The number of hydrogen-bond acceptors (Lipinski definition) is 5. The molecule has 2 heterocycles. The van der Waals surface area contributed by atoms with Crippen LogP contribution in [0.1, 0.15) is 57.4 Å². The molecular formula is C25H30CaN6O. The van der Waals surface area contributed by atoms with Crippen molar-refractivity contribution in [3.8, 4) is 22.5 Å². The summed E-state index contributed by atoms with van der Waals surface area (Å²) >= 11 is 0. The molecule has 2 aromatic carbocycles. The summed E-state index contributed by atoms with van der Waals surface area (Å²) in [6.45, 7) is 2.76. The summed E-state index contributed by atoms with van der Waals surface area (Å²) in [5.74, 6) is 1.82. The number of carbonyl (C=O) groups is 1. The molecule has 1 aliphatic carbocycles. The van der Waals surface area contributed by atoms with E-state index in [9.17, 15) is 4.79 Å². The molecule has 1 fully saturated rings. The van der Waals surface area contributed by atoms with Crippen LogP contribution in [0.15, 0.2) is 53.5 Å². The third-order valence-electron chi connectivity index (χ3n) is 6.62. The number of amides is 1. The van der Waals surface area contributed by atoms with Crippen molar-refractivity contribution in [2.45, 2.75) is 64.0 Å². The van der Waals surface area contributed by atoms with Crippen LogP contribution in [0.25, 0.3) is 22.5 Å². The molecule has 168 valence electrons. The number of nitrogens with zero attached hydrogens (tertiary/aromatic N) is 5. The van der Waals surface area contributed by atoms with E-state index in [1.54, 1.807) is 0 Å². The van der Waals surface area contributed by atoms with E-state index in [0.29, 0.717) is 12.4 Å². The zero-order chi connectivity index (χ0) is 22.0. The van der Waals surface area contributed by atoms with Crippen LogP contribution >= 0.6 is 0 Å². The van der Waals surface area contributed by atoms with Crippen LogP contribution in [0, 0.1) is 0 Å². The first-order chi connectivity index (χ1) is 15.7. The Kier molecular flexibility index (Phi) is 7.61. The predicted octanol–water partition coefficient (Wildman–Crippen LogP) is 3.86. The number of aliphatic imine (C=N–C) groups is 1. The average Bonchev–Trinajstić information content (AvgIpc) is 3.58. The van der Waals surface area contributed by atoms with Crippen LogP contribution in [0.5, 0.6) is 0 Å². The predicted molar refractivity (Wildman–Crippen MR) is 132 cm³/mol. The number of aromatic nitrogens is 4. The second kappa shape index (κ2) is 10.4. The first kappa shape index (κ1) is 24.0. The van der Waals surface area contributed by atoms with Gasteiger partial charge in [-0.1, -0.05) is 74.7 Å². The zero-order valence-corrected chi connectivity index (χ0v) is 18.4. The third-order valence-corrected chi connectivity index (χ3v) is 6.62. The fraction of sp³-hybridized carbons (Fsp3) is 0.400. The minimum absolute atomic E-state index is 0. The van der Waals surface area contributed by atoms with E-state index < -0.39 is 5.54 Å². The topological polar surface area (TPSA) is 87.1 Å². The number of carbonyl (C=O) groups excluding carboxylic acids is 1. The second-order valence-corrected chi connectivity index (χ2v) is 8.75. The number of aromatic amines is 1. The van der Waals surface area contributed by atoms with Gasteiger partial charge < -0.3 is 0 Å². The van der Waals surface area contributed by atoms with E-state index in [-0.39, 0.29) is 43.6 Å². The fourth-order valence-corrected chi connectivity index (χ4v) is 4.88. The Labute approximate surface area is 224 Å². The molecule has 0 bridgehead atoms. The minimum atomic E-state index is -0.479. The van der Waals surface area contributed by atoms with Crippen LogP contribution in [-0.2, 0) is 11.3 Å². The number of benzene rings is 2. The van der Waals surface area contributed by atoms with E-state index in [1.165, 1.54) is 0 Å². The Morgan fingerprint density at radius 1 is 1.03 bits per heavy atom. The van der Waals surface area contributed by atoms with Gasteiger partial charge >= 0.3 is 37.7 Å². The molecule has 8 heteroatoms. The maximum atomic E-state index is 13.4. The number of nitrogens with one attached hydrogen (secondary N) is 1. The Morgan fingerprint density at radius 3 is 2.42 bits per heavy atom. The Hall–Kier alpha value is -2.09. The van der Waals surface area contributed by atoms with Crippen molar-refractivity contribution in [2.75, 3.05) is 0 Å². The molecule has 1 aliphatic heterocycles. The summed E-state index contributed by atoms with van der Waals surface area (Å²) < 4.78 is 0. The number of tetrazole rings is 1. The molecule has 0 radical (unpaired) electrons. The summed E-state index contributed by atoms with van der Waals surface area (Å²) in [6.07, 6.45) is 7.01. The monoisotopic (exact) mass is 470 g/mol. The van der Waals surface area contributed by atoms with Gasteiger partial charge in [0, 0.05) is 12.0 Å². The van der Waals surface area contributed by atoms with Crippen molar-refractivity contribution in [3.63, 3.8) is 0 Å². The molecule has 0 unspecified atom stereocenters. The quantitative estimate of drug-likeness (QED) is 0.531. The van der Waals surface area contributed by atoms with Gasteiger partial charge in [0.2, 0.25) is 0 Å². The van der Waals surface area contributed by atoms with Crippen LogP contribution in [-0.4, -0.2) is 80.5 Å². The molecule has 7 nitrogen and oxygen atoms in total.